The first-order valence-corrected chi connectivity index (χ1v) is 11.4. The van der Waals surface area contributed by atoms with E-state index in [1.54, 1.807) is 10.9 Å². The summed E-state index contributed by atoms with van der Waals surface area (Å²) in [6.07, 6.45) is 5.72. The Kier molecular flexibility index (Phi) is 5.79. The third-order valence-corrected chi connectivity index (χ3v) is 6.16. The minimum Gasteiger partial charge on any atom is -0.470 e. The normalized spacial score (nSPS) is 17.2. The van der Waals surface area contributed by atoms with Gasteiger partial charge in [-0.2, -0.15) is 10.1 Å². The van der Waals surface area contributed by atoms with Gasteiger partial charge in [-0.15, -0.1) is 11.3 Å². The molecule has 1 aliphatic rings. The summed E-state index contributed by atoms with van der Waals surface area (Å²) in [5.41, 5.74) is 3.25. The Bertz CT molecular complexity index is 1210. The van der Waals surface area contributed by atoms with E-state index in [1.165, 1.54) is 11.3 Å². The lowest BCUT2D eigenvalue weighted by atomic mass is 10.3. The van der Waals surface area contributed by atoms with Crippen molar-refractivity contribution in [1.29, 1.82) is 0 Å². The molecule has 168 valence electrons. The summed E-state index contributed by atoms with van der Waals surface area (Å²) in [6, 6.07) is 3.82. The molecule has 0 saturated carbocycles. The Labute approximate surface area is 188 Å². The Morgan fingerprint density at radius 3 is 3.06 bits per heavy atom. The average Bonchev–Trinajstić information content (AvgIpc) is 3.55. The fourth-order valence-corrected chi connectivity index (χ4v) is 4.44. The molecule has 0 spiro atoms. The van der Waals surface area contributed by atoms with Crippen molar-refractivity contribution in [3.05, 3.63) is 41.0 Å². The molecule has 1 aliphatic heterocycles. The number of rotatable bonds is 8. The third-order valence-electron chi connectivity index (χ3n) is 5.18. The van der Waals surface area contributed by atoms with E-state index in [0.29, 0.717) is 31.6 Å². The van der Waals surface area contributed by atoms with Crippen LogP contribution in [0.2, 0.25) is 0 Å². The van der Waals surface area contributed by atoms with E-state index in [9.17, 15) is 5.11 Å². The number of hydrogen-bond donors (Lipinski definition) is 3. The van der Waals surface area contributed by atoms with Crippen molar-refractivity contribution in [3.63, 3.8) is 0 Å². The summed E-state index contributed by atoms with van der Waals surface area (Å²) >= 11 is 1.46. The number of aliphatic hydroxyl groups excluding tert-OH is 1. The van der Waals surface area contributed by atoms with E-state index in [1.807, 2.05) is 48.4 Å². The van der Waals surface area contributed by atoms with E-state index >= 15 is 0 Å². The van der Waals surface area contributed by atoms with Crippen molar-refractivity contribution in [2.24, 2.45) is 7.05 Å². The number of aryl methyl sites for hydroxylation is 1. The van der Waals surface area contributed by atoms with Crippen LogP contribution in [0.3, 0.4) is 0 Å². The Morgan fingerprint density at radius 1 is 1.41 bits per heavy atom. The van der Waals surface area contributed by atoms with Crippen molar-refractivity contribution < 1.29 is 14.6 Å². The summed E-state index contributed by atoms with van der Waals surface area (Å²) < 4.78 is 15.5. The van der Waals surface area contributed by atoms with Crippen LogP contribution in [0, 0.1) is 0 Å². The van der Waals surface area contributed by atoms with Crippen molar-refractivity contribution >= 4 is 34.0 Å². The molecule has 0 amide bonds. The summed E-state index contributed by atoms with van der Waals surface area (Å²) in [4.78, 5) is 10.2. The second kappa shape index (κ2) is 8.87. The minimum absolute atomic E-state index is 0.0544. The lowest BCUT2D eigenvalue weighted by Crippen LogP contribution is -2.19. The van der Waals surface area contributed by atoms with E-state index < -0.39 is 6.23 Å². The standard InChI is InChI=1S/C21H25N7O3S/c1-3-22-19(29)17-8-13(12-32-17)24-21-25-16-4-6-28(14-9-23-27(2)10-14)18(16)20(26-21)31-15-5-7-30-11-15/h4,6,8-10,12,15,19,22,29H,3,5,7,11H2,1-2H3,(H,24,25,26)/t15-,19?/m1/s1. The summed E-state index contributed by atoms with van der Waals surface area (Å²) in [7, 11) is 1.88. The maximum absolute atomic E-state index is 10.2. The molecule has 5 rings (SSSR count). The molecule has 4 aromatic rings. The van der Waals surface area contributed by atoms with Gasteiger partial charge in [0, 0.05) is 36.1 Å². The van der Waals surface area contributed by atoms with Crippen LogP contribution in [-0.2, 0) is 11.8 Å². The molecule has 1 fully saturated rings. The Hall–Kier alpha value is -2.99. The molecule has 5 heterocycles. The molecular weight excluding hydrogens is 430 g/mol. The first-order chi connectivity index (χ1) is 15.6. The molecule has 10 nitrogen and oxygen atoms in total. The lowest BCUT2D eigenvalue weighted by Gasteiger charge is -2.14. The lowest BCUT2D eigenvalue weighted by molar-refractivity contribution is 0.139. The molecule has 1 saturated heterocycles. The van der Waals surface area contributed by atoms with E-state index in [-0.39, 0.29) is 6.10 Å². The molecular formula is C21H25N7O3S. The summed E-state index contributed by atoms with van der Waals surface area (Å²) in [5.74, 6) is 0.919. The topological polar surface area (TPSA) is 111 Å². The highest BCUT2D eigenvalue weighted by molar-refractivity contribution is 7.10. The zero-order valence-electron chi connectivity index (χ0n) is 17.9. The van der Waals surface area contributed by atoms with Gasteiger partial charge in [0.1, 0.15) is 17.8 Å². The van der Waals surface area contributed by atoms with Gasteiger partial charge in [0.25, 0.3) is 0 Å². The predicted molar refractivity (Wildman–Crippen MR) is 122 cm³/mol. The van der Waals surface area contributed by atoms with E-state index in [0.717, 1.165) is 33.7 Å². The Balaban J connectivity index is 1.50. The van der Waals surface area contributed by atoms with Gasteiger partial charge < -0.3 is 24.5 Å². The van der Waals surface area contributed by atoms with Gasteiger partial charge in [0.05, 0.1) is 36.3 Å². The van der Waals surface area contributed by atoms with Crippen LogP contribution in [0.4, 0.5) is 11.6 Å². The fourth-order valence-electron chi connectivity index (χ4n) is 3.65. The van der Waals surface area contributed by atoms with Crippen LogP contribution in [-0.4, -0.2) is 55.3 Å². The summed E-state index contributed by atoms with van der Waals surface area (Å²) in [6.45, 7) is 3.85. The predicted octanol–water partition coefficient (Wildman–Crippen LogP) is 2.73. The van der Waals surface area contributed by atoms with Gasteiger partial charge >= 0.3 is 0 Å². The maximum Gasteiger partial charge on any atom is 0.244 e. The van der Waals surface area contributed by atoms with Gasteiger partial charge in [0.15, 0.2) is 0 Å². The average molecular weight is 456 g/mol. The number of aliphatic hydroxyl groups is 1. The van der Waals surface area contributed by atoms with Gasteiger partial charge in [-0.25, -0.2) is 4.98 Å². The number of ether oxygens (including phenoxy) is 2. The second-order valence-corrected chi connectivity index (χ2v) is 8.51. The SMILES string of the molecule is CCNC(O)c1cc(Nc2nc(O[C@@H]3CCOC3)c3c(ccn3-c3cnn(C)c3)n2)cs1. The van der Waals surface area contributed by atoms with Crippen LogP contribution in [0.1, 0.15) is 24.4 Å². The van der Waals surface area contributed by atoms with Crippen molar-refractivity contribution in [2.75, 3.05) is 25.1 Å². The molecule has 3 N–H and O–H groups in total. The van der Waals surface area contributed by atoms with Gasteiger partial charge in [-0.3, -0.25) is 10.00 Å². The number of anilines is 2. The first kappa shape index (κ1) is 20.9. The molecule has 0 aliphatic carbocycles. The van der Waals surface area contributed by atoms with Gasteiger partial charge in [-0.05, 0) is 18.7 Å². The zero-order chi connectivity index (χ0) is 22.1. The molecule has 2 atom stereocenters. The van der Waals surface area contributed by atoms with Gasteiger partial charge in [0.2, 0.25) is 11.8 Å². The number of aromatic nitrogens is 5. The van der Waals surface area contributed by atoms with Crippen LogP contribution in [0.15, 0.2) is 36.1 Å². The first-order valence-electron chi connectivity index (χ1n) is 10.5. The largest absolute Gasteiger partial charge is 0.470 e. The van der Waals surface area contributed by atoms with E-state index in [2.05, 4.69) is 15.7 Å². The third kappa shape index (κ3) is 4.19. The molecule has 1 unspecified atom stereocenters. The van der Waals surface area contributed by atoms with Crippen molar-refractivity contribution in [1.82, 2.24) is 29.6 Å². The quantitative estimate of drug-likeness (QED) is 0.348. The molecule has 4 aromatic heterocycles. The molecule has 0 radical (unpaired) electrons. The van der Waals surface area contributed by atoms with Crippen molar-refractivity contribution in [3.8, 4) is 11.6 Å². The van der Waals surface area contributed by atoms with Crippen molar-refractivity contribution in [2.45, 2.75) is 25.7 Å². The second-order valence-electron chi connectivity index (χ2n) is 7.57. The highest BCUT2D eigenvalue weighted by atomic mass is 32.1. The van der Waals surface area contributed by atoms with Crippen LogP contribution >= 0.6 is 11.3 Å². The smallest absolute Gasteiger partial charge is 0.244 e. The van der Waals surface area contributed by atoms with Gasteiger partial charge in [-0.1, -0.05) is 6.92 Å². The van der Waals surface area contributed by atoms with E-state index in [4.69, 9.17) is 19.4 Å². The minimum atomic E-state index is -0.696. The number of fused-ring (bicyclic) bond motifs is 1. The highest BCUT2D eigenvalue weighted by Crippen LogP contribution is 2.32. The number of hydrogen-bond acceptors (Lipinski definition) is 9. The molecule has 11 heteroatoms. The fraction of sp³-hybridized carbons (Fsp3) is 0.381. The number of thiophene rings is 1. The maximum atomic E-state index is 10.2. The monoisotopic (exact) mass is 455 g/mol. The molecule has 0 bridgehead atoms. The van der Waals surface area contributed by atoms with Crippen LogP contribution in [0.25, 0.3) is 16.7 Å². The zero-order valence-corrected chi connectivity index (χ0v) is 18.7. The highest BCUT2D eigenvalue weighted by Gasteiger charge is 2.22. The van der Waals surface area contributed by atoms with Crippen LogP contribution in [0.5, 0.6) is 5.88 Å². The Morgan fingerprint density at radius 2 is 2.31 bits per heavy atom. The number of nitrogens with zero attached hydrogens (tertiary/aromatic N) is 5. The summed E-state index contributed by atoms with van der Waals surface area (Å²) in [5, 5.41) is 22.6. The van der Waals surface area contributed by atoms with Crippen LogP contribution < -0.4 is 15.4 Å². The molecule has 0 aromatic carbocycles. The number of nitrogens with one attached hydrogen (secondary N) is 2. The molecule has 32 heavy (non-hydrogen) atoms.